The molecule has 24 heavy (non-hydrogen) atoms. The number of aryl methyl sites for hydroxylation is 1. The standard InChI is InChI=1S/C18H17N3O2S/c1-3-16(22)21-18-20-14-10-13(7-8-15(14)24-18)19-17(23)12-6-4-5-11(2)9-12/h4-10H,3H2,1-2H3,(H,19,23)(H,20,21,22). The fourth-order valence-electron chi connectivity index (χ4n) is 2.26. The predicted molar refractivity (Wildman–Crippen MR) is 97.7 cm³/mol. The molecular weight excluding hydrogens is 322 g/mol. The van der Waals surface area contributed by atoms with Gasteiger partial charge in [-0.3, -0.25) is 9.59 Å². The summed E-state index contributed by atoms with van der Waals surface area (Å²) in [7, 11) is 0. The van der Waals surface area contributed by atoms with Crippen molar-refractivity contribution in [3.8, 4) is 0 Å². The van der Waals surface area contributed by atoms with Crippen LogP contribution in [0.25, 0.3) is 10.2 Å². The maximum atomic E-state index is 12.3. The van der Waals surface area contributed by atoms with E-state index in [1.54, 1.807) is 19.1 Å². The second-order valence-corrected chi connectivity index (χ2v) is 6.46. The van der Waals surface area contributed by atoms with Crippen molar-refractivity contribution in [3.63, 3.8) is 0 Å². The van der Waals surface area contributed by atoms with E-state index >= 15 is 0 Å². The number of nitrogens with one attached hydrogen (secondary N) is 2. The largest absolute Gasteiger partial charge is 0.322 e. The molecule has 6 heteroatoms. The second-order valence-electron chi connectivity index (χ2n) is 5.43. The van der Waals surface area contributed by atoms with E-state index in [4.69, 9.17) is 0 Å². The normalized spacial score (nSPS) is 10.6. The van der Waals surface area contributed by atoms with Crippen LogP contribution in [0.1, 0.15) is 29.3 Å². The Balaban J connectivity index is 1.80. The van der Waals surface area contributed by atoms with Crippen LogP contribution in [0.5, 0.6) is 0 Å². The Bertz CT molecular complexity index is 918. The van der Waals surface area contributed by atoms with E-state index in [2.05, 4.69) is 15.6 Å². The van der Waals surface area contributed by atoms with Crippen LogP contribution in [0.4, 0.5) is 10.8 Å². The SMILES string of the molecule is CCC(=O)Nc1nc2cc(NC(=O)c3cccc(C)c3)ccc2s1. The summed E-state index contributed by atoms with van der Waals surface area (Å²) in [6, 6.07) is 13.0. The van der Waals surface area contributed by atoms with E-state index in [1.807, 2.05) is 37.3 Å². The third-order valence-electron chi connectivity index (χ3n) is 3.49. The summed E-state index contributed by atoms with van der Waals surface area (Å²) < 4.78 is 0.954. The minimum atomic E-state index is -0.159. The molecule has 0 saturated heterocycles. The molecule has 122 valence electrons. The van der Waals surface area contributed by atoms with Gasteiger partial charge in [0, 0.05) is 17.7 Å². The zero-order valence-electron chi connectivity index (χ0n) is 13.4. The van der Waals surface area contributed by atoms with E-state index < -0.39 is 0 Å². The molecule has 2 amide bonds. The highest BCUT2D eigenvalue weighted by Crippen LogP contribution is 2.28. The summed E-state index contributed by atoms with van der Waals surface area (Å²) >= 11 is 1.41. The number of hydrogen-bond donors (Lipinski definition) is 2. The van der Waals surface area contributed by atoms with Crippen molar-refractivity contribution in [2.75, 3.05) is 10.6 Å². The van der Waals surface area contributed by atoms with Gasteiger partial charge < -0.3 is 10.6 Å². The quantitative estimate of drug-likeness (QED) is 0.748. The van der Waals surface area contributed by atoms with E-state index in [-0.39, 0.29) is 11.8 Å². The highest BCUT2D eigenvalue weighted by Gasteiger charge is 2.10. The van der Waals surface area contributed by atoms with Crippen molar-refractivity contribution in [1.82, 2.24) is 4.98 Å². The van der Waals surface area contributed by atoms with Crippen LogP contribution >= 0.6 is 11.3 Å². The van der Waals surface area contributed by atoms with Gasteiger partial charge in [0.15, 0.2) is 5.13 Å². The zero-order valence-corrected chi connectivity index (χ0v) is 14.2. The van der Waals surface area contributed by atoms with Gasteiger partial charge >= 0.3 is 0 Å². The Morgan fingerprint density at radius 3 is 2.71 bits per heavy atom. The van der Waals surface area contributed by atoms with Crippen LogP contribution < -0.4 is 10.6 Å². The number of amides is 2. The number of carbonyl (C=O) groups is 2. The number of fused-ring (bicyclic) bond motifs is 1. The number of nitrogens with zero attached hydrogens (tertiary/aromatic N) is 1. The summed E-state index contributed by atoms with van der Waals surface area (Å²) in [6.45, 7) is 3.74. The Hall–Kier alpha value is -2.73. The van der Waals surface area contributed by atoms with Gasteiger partial charge in [0.2, 0.25) is 5.91 Å². The zero-order chi connectivity index (χ0) is 17.1. The summed E-state index contributed by atoms with van der Waals surface area (Å²) in [6.07, 6.45) is 0.410. The summed E-state index contributed by atoms with van der Waals surface area (Å²) in [5.41, 5.74) is 3.07. The predicted octanol–water partition coefficient (Wildman–Crippen LogP) is 4.21. The highest BCUT2D eigenvalue weighted by molar-refractivity contribution is 7.22. The first kappa shape index (κ1) is 16.1. The molecule has 0 aliphatic rings. The molecule has 0 spiro atoms. The fraction of sp³-hybridized carbons (Fsp3) is 0.167. The van der Waals surface area contributed by atoms with Gasteiger partial charge in [0.05, 0.1) is 10.2 Å². The average molecular weight is 339 g/mol. The number of rotatable bonds is 4. The van der Waals surface area contributed by atoms with E-state index in [0.29, 0.717) is 22.8 Å². The minimum absolute atomic E-state index is 0.0676. The number of thiazole rings is 1. The Morgan fingerprint density at radius 1 is 1.12 bits per heavy atom. The van der Waals surface area contributed by atoms with Crippen LogP contribution in [-0.2, 0) is 4.79 Å². The third kappa shape index (κ3) is 3.60. The molecule has 3 rings (SSSR count). The van der Waals surface area contributed by atoms with Crippen molar-refractivity contribution >= 4 is 44.2 Å². The minimum Gasteiger partial charge on any atom is -0.322 e. The van der Waals surface area contributed by atoms with Gasteiger partial charge in [-0.05, 0) is 37.3 Å². The molecule has 1 aromatic heterocycles. The van der Waals surface area contributed by atoms with E-state index in [1.165, 1.54) is 11.3 Å². The van der Waals surface area contributed by atoms with Crippen LogP contribution in [0.2, 0.25) is 0 Å². The number of anilines is 2. The van der Waals surface area contributed by atoms with Gasteiger partial charge in [-0.2, -0.15) is 0 Å². The summed E-state index contributed by atoms with van der Waals surface area (Å²) in [5, 5.41) is 6.20. The van der Waals surface area contributed by atoms with E-state index in [0.717, 1.165) is 15.8 Å². The second kappa shape index (κ2) is 6.80. The first-order chi connectivity index (χ1) is 11.5. The molecule has 0 aliphatic carbocycles. The van der Waals surface area contributed by atoms with Gasteiger partial charge in [-0.25, -0.2) is 4.98 Å². The molecule has 3 aromatic rings. The maximum absolute atomic E-state index is 12.3. The molecule has 0 saturated carbocycles. The smallest absolute Gasteiger partial charge is 0.255 e. The molecule has 0 radical (unpaired) electrons. The highest BCUT2D eigenvalue weighted by atomic mass is 32.1. The first-order valence-corrected chi connectivity index (χ1v) is 8.45. The van der Waals surface area contributed by atoms with Gasteiger partial charge in [0.25, 0.3) is 5.91 Å². The lowest BCUT2D eigenvalue weighted by atomic mass is 10.1. The Labute approximate surface area is 143 Å². The lowest BCUT2D eigenvalue weighted by Crippen LogP contribution is -2.11. The first-order valence-electron chi connectivity index (χ1n) is 7.63. The molecule has 2 N–H and O–H groups in total. The van der Waals surface area contributed by atoms with Crippen LogP contribution in [-0.4, -0.2) is 16.8 Å². The molecular formula is C18H17N3O2S. The fourth-order valence-corrected chi connectivity index (χ4v) is 3.12. The summed E-state index contributed by atoms with van der Waals surface area (Å²) in [4.78, 5) is 28.2. The van der Waals surface area contributed by atoms with Crippen LogP contribution in [0, 0.1) is 6.92 Å². The van der Waals surface area contributed by atoms with E-state index in [9.17, 15) is 9.59 Å². The number of benzene rings is 2. The van der Waals surface area contributed by atoms with Gasteiger partial charge in [-0.15, -0.1) is 0 Å². The molecule has 0 fully saturated rings. The molecule has 5 nitrogen and oxygen atoms in total. The lowest BCUT2D eigenvalue weighted by molar-refractivity contribution is -0.115. The Morgan fingerprint density at radius 2 is 1.96 bits per heavy atom. The maximum Gasteiger partial charge on any atom is 0.255 e. The molecule has 0 unspecified atom stereocenters. The molecule has 0 aliphatic heterocycles. The van der Waals surface area contributed by atoms with Crippen molar-refractivity contribution in [2.24, 2.45) is 0 Å². The number of hydrogen-bond acceptors (Lipinski definition) is 4. The molecule has 1 heterocycles. The van der Waals surface area contributed by atoms with Crippen molar-refractivity contribution in [1.29, 1.82) is 0 Å². The summed E-state index contributed by atoms with van der Waals surface area (Å²) in [5.74, 6) is -0.227. The third-order valence-corrected chi connectivity index (χ3v) is 4.44. The molecule has 0 atom stereocenters. The van der Waals surface area contributed by atoms with Gasteiger partial charge in [0.1, 0.15) is 0 Å². The average Bonchev–Trinajstić information content (AvgIpc) is 2.96. The topological polar surface area (TPSA) is 71.1 Å². The number of aromatic nitrogens is 1. The Kier molecular flexibility index (Phi) is 4.57. The van der Waals surface area contributed by atoms with Crippen molar-refractivity contribution < 1.29 is 9.59 Å². The van der Waals surface area contributed by atoms with Crippen LogP contribution in [0.3, 0.4) is 0 Å². The van der Waals surface area contributed by atoms with Gasteiger partial charge in [-0.1, -0.05) is 36.0 Å². The lowest BCUT2D eigenvalue weighted by Gasteiger charge is -2.05. The van der Waals surface area contributed by atoms with Crippen LogP contribution in [0.15, 0.2) is 42.5 Å². The number of carbonyl (C=O) groups excluding carboxylic acids is 2. The van der Waals surface area contributed by atoms with Crippen molar-refractivity contribution in [2.45, 2.75) is 20.3 Å². The van der Waals surface area contributed by atoms with Crippen molar-refractivity contribution in [3.05, 3.63) is 53.6 Å². The monoisotopic (exact) mass is 339 g/mol. The molecule has 2 aromatic carbocycles. The molecule has 0 bridgehead atoms.